The first-order valence-electron chi connectivity index (χ1n) is 8.76. The van der Waals surface area contributed by atoms with E-state index in [9.17, 15) is 4.79 Å². The first-order chi connectivity index (χ1) is 11.3. The first-order valence-corrected chi connectivity index (χ1v) is 8.76. The number of rotatable bonds is 5. The SMILES string of the molecule is O=C(Cn1cc(CC2CCNC2)nn1)N1CCOCC1C1CC1. The van der Waals surface area contributed by atoms with Crippen molar-refractivity contribution in [3.8, 4) is 0 Å². The second kappa shape index (κ2) is 6.57. The van der Waals surface area contributed by atoms with Crippen LogP contribution in [-0.2, 0) is 22.5 Å². The second-order valence-corrected chi connectivity index (χ2v) is 7.04. The molecule has 2 saturated heterocycles. The maximum atomic E-state index is 12.6. The van der Waals surface area contributed by atoms with Crippen LogP contribution < -0.4 is 5.32 Å². The van der Waals surface area contributed by atoms with Gasteiger partial charge in [0.05, 0.1) is 24.9 Å². The molecule has 7 nitrogen and oxygen atoms in total. The molecule has 4 rings (SSSR count). The van der Waals surface area contributed by atoms with Gasteiger partial charge in [-0.05, 0) is 50.6 Å². The average molecular weight is 319 g/mol. The van der Waals surface area contributed by atoms with Gasteiger partial charge in [0, 0.05) is 12.7 Å². The van der Waals surface area contributed by atoms with Crippen LogP contribution in [-0.4, -0.2) is 64.7 Å². The van der Waals surface area contributed by atoms with Gasteiger partial charge in [0.25, 0.3) is 0 Å². The fourth-order valence-electron chi connectivity index (χ4n) is 3.73. The van der Waals surface area contributed by atoms with Gasteiger partial charge in [-0.3, -0.25) is 4.79 Å². The number of carbonyl (C=O) groups excluding carboxylic acids is 1. The maximum Gasteiger partial charge on any atom is 0.244 e. The van der Waals surface area contributed by atoms with Crippen LogP contribution in [0.3, 0.4) is 0 Å². The fourth-order valence-corrected chi connectivity index (χ4v) is 3.73. The van der Waals surface area contributed by atoms with Crippen LogP contribution in [0.5, 0.6) is 0 Å². The number of morpholine rings is 1. The zero-order chi connectivity index (χ0) is 15.6. The zero-order valence-corrected chi connectivity index (χ0v) is 13.5. The van der Waals surface area contributed by atoms with E-state index in [1.54, 1.807) is 4.68 Å². The van der Waals surface area contributed by atoms with Crippen LogP contribution in [0.4, 0.5) is 0 Å². The molecule has 7 heteroatoms. The normalized spacial score (nSPS) is 28.3. The summed E-state index contributed by atoms with van der Waals surface area (Å²) in [5.41, 5.74) is 0.993. The minimum absolute atomic E-state index is 0.143. The topological polar surface area (TPSA) is 72.3 Å². The average Bonchev–Trinajstić information content (AvgIpc) is 3.12. The van der Waals surface area contributed by atoms with Gasteiger partial charge >= 0.3 is 0 Å². The highest BCUT2D eigenvalue weighted by molar-refractivity contribution is 5.76. The molecular weight excluding hydrogens is 294 g/mol. The third kappa shape index (κ3) is 3.55. The predicted molar refractivity (Wildman–Crippen MR) is 83.7 cm³/mol. The summed E-state index contributed by atoms with van der Waals surface area (Å²) in [6.45, 7) is 4.48. The quantitative estimate of drug-likeness (QED) is 0.831. The minimum Gasteiger partial charge on any atom is -0.377 e. The van der Waals surface area contributed by atoms with Crippen molar-refractivity contribution in [1.29, 1.82) is 0 Å². The molecule has 0 radical (unpaired) electrons. The lowest BCUT2D eigenvalue weighted by molar-refractivity contribution is -0.141. The van der Waals surface area contributed by atoms with E-state index < -0.39 is 0 Å². The summed E-state index contributed by atoms with van der Waals surface area (Å²) in [4.78, 5) is 14.6. The molecule has 126 valence electrons. The summed E-state index contributed by atoms with van der Waals surface area (Å²) in [7, 11) is 0. The number of hydrogen-bond acceptors (Lipinski definition) is 5. The molecule has 1 aliphatic carbocycles. The number of carbonyl (C=O) groups is 1. The molecule has 23 heavy (non-hydrogen) atoms. The monoisotopic (exact) mass is 319 g/mol. The van der Waals surface area contributed by atoms with E-state index in [0.717, 1.165) is 25.2 Å². The van der Waals surface area contributed by atoms with Gasteiger partial charge in [-0.25, -0.2) is 4.68 Å². The van der Waals surface area contributed by atoms with Crippen molar-refractivity contribution in [1.82, 2.24) is 25.2 Å². The standard InChI is InChI=1S/C16H25N5O2/c22-16(21-5-6-23-11-15(21)13-1-2-13)10-20-9-14(18-19-20)7-12-3-4-17-8-12/h9,12-13,15,17H,1-8,10-11H2. The Morgan fingerprint density at radius 3 is 3.09 bits per heavy atom. The van der Waals surface area contributed by atoms with Gasteiger partial charge in [0.2, 0.25) is 5.91 Å². The van der Waals surface area contributed by atoms with Crippen LogP contribution in [0, 0.1) is 11.8 Å². The molecule has 3 aliphatic rings. The van der Waals surface area contributed by atoms with E-state index in [2.05, 4.69) is 15.6 Å². The third-order valence-corrected chi connectivity index (χ3v) is 5.20. The molecule has 0 aromatic carbocycles. The van der Waals surface area contributed by atoms with Gasteiger partial charge in [-0.1, -0.05) is 5.21 Å². The zero-order valence-electron chi connectivity index (χ0n) is 13.5. The van der Waals surface area contributed by atoms with E-state index >= 15 is 0 Å². The predicted octanol–water partition coefficient (Wildman–Crippen LogP) is 0.0675. The number of amides is 1. The summed E-state index contributed by atoms with van der Waals surface area (Å²) in [6.07, 6.45) is 6.52. The van der Waals surface area contributed by atoms with Crippen molar-refractivity contribution in [2.24, 2.45) is 11.8 Å². The minimum atomic E-state index is 0.143. The molecule has 1 N–H and O–H groups in total. The molecule has 3 fully saturated rings. The van der Waals surface area contributed by atoms with E-state index in [4.69, 9.17) is 4.74 Å². The summed E-state index contributed by atoms with van der Waals surface area (Å²) in [5, 5.41) is 11.7. The van der Waals surface area contributed by atoms with Gasteiger partial charge in [-0.15, -0.1) is 5.10 Å². The highest BCUT2D eigenvalue weighted by Crippen LogP contribution is 2.36. The fraction of sp³-hybridized carbons (Fsp3) is 0.812. The van der Waals surface area contributed by atoms with Crippen LogP contribution in [0.25, 0.3) is 0 Å². The number of nitrogens with one attached hydrogen (secondary N) is 1. The van der Waals surface area contributed by atoms with Crippen molar-refractivity contribution in [3.05, 3.63) is 11.9 Å². The van der Waals surface area contributed by atoms with Crippen molar-refractivity contribution in [2.45, 2.75) is 38.3 Å². The van der Waals surface area contributed by atoms with Crippen molar-refractivity contribution in [2.75, 3.05) is 32.8 Å². The molecular formula is C16H25N5O2. The number of ether oxygens (including phenoxy) is 1. The molecule has 1 amide bonds. The van der Waals surface area contributed by atoms with Crippen LogP contribution in [0.2, 0.25) is 0 Å². The van der Waals surface area contributed by atoms with Crippen LogP contribution in [0.1, 0.15) is 25.0 Å². The van der Waals surface area contributed by atoms with Crippen molar-refractivity contribution in [3.63, 3.8) is 0 Å². The first kappa shape index (κ1) is 15.1. The number of hydrogen-bond donors (Lipinski definition) is 1. The molecule has 2 unspecified atom stereocenters. The number of aromatic nitrogens is 3. The summed E-state index contributed by atoms with van der Waals surface area (Å²) in [5.74, 6) is 1.43. The molecule has 0 spiro atoms. The number of nitrogens with zero attached hydrogens (tertiary/aromatic N) is 4. The Kier molecular flexibility index (Phi) is 4.31. The lowest BCUT2D eigenvalue weighted by atomic mass is 10.0. The van der Waals surface area contributed by atoms with Gasteiger partial charge in [0.15, 0.2) is 0 Å². The molecule has 1 aromatic heterocycles. The van der Waals surface area contributed by atoms with Crippen LogP contribution in [0.15, 0.2) is 6.20 Å². The lowest BCUT2D eigenvalue weighted by Crippen LogP contribution is -2.50. The summed E-state index contributed by atoms with van der Waals surface area (Å²) >= 11 is 0. The third-order valence-electron chi connectivity index (χ3n) is 5.20. The molecule has 2 aliphatic heterocycles. The van der Waals surface area contributed by atoms with Crippen LogP contribution >= 0.6 is 0 Å². The Hall–Kier alpha value is -1.47. The lowest BCUT2D eigenvalue weighted by Gasteiger charge is -2.35. The second-order valence-electron chi connectivity index (χ2n) is 7.04. The molecule has 1 aromatic rings. The molecule has 3 heterocycles. The highest BCUT2D eigenvalue weighted by Gasteiger charge is 2.39. The molecule has 1 saturated carbocycles. The largest absolute Gasteiger partial charge is 0.377 e. The Labute approximate surface area is 136 Å². The smallest absolute Gasteiger partial charge is 0.244 e. The van der Waals surface area contributed by atoms with Crippen molar-refractivity contribution < 1.29 is 9.53 Å². The van der Waals surface area contributed by atoms with E-state index in [1.807, 2.05) is 11.1 Å². The Bertz CT molecular complexity index is 550. The highest BCUT2D eigenvalue weighted by atomic mass is 16.5. The van der Waals surface area contributed by atoms with Gasteiger partial charge in [-0.2, -0.15) is 0 Å². The van der Waals surface area contributed by atoms with Gasteiger partial charge in [0.1, 0.15) is 6.54 Å². The van der Waals surface area contributed by atoms with E-state index in [0.29, 0.717) is 38.1 Å². The molecule has 2 atom stereocenters. The van der Waals surface area contributed by atoms with Crippen molar-refractivity contribution >= 4 is 5.91 Å². The van der Waals surface area contributed by atoms with E-state index in [1.165, 1.54) is 19.3 Å². The molecule has 0 bridgehead atoms. The Balaban J connectivity index is 1.35. The van der Waals surface area contributed by atoms with E-state index in [-0.39, 0.29) is 11.9 Å². The Morgan fingerprint density at radius 1 is 1.39 bits per heavy atom. The Morgan fingerprint density at radius 2 is 2.30 bits per heavy atom. The summed E-state index contributed by atoms with van der Waals surface area (Å²) < 4.78 is 7.25. The maximum absolute atomic E-state index is 12.6. The van der Waals surface area contributed by atoms with Gasteiger partial charge < -0.3 is 15.0 Å². The summed E-state index contributed by atoms with van der Waals surface area (Å²) in [6, 6.07) is 0.267.